The predicted octanol–water partition coefficient (Wildman–Crippen LogP) is 4.62. The number of amides is 1. The number of nitrogens with one attached hydrogen (secondary N) is 1. The van der Waals surface area contributed by atoms with E-state index in [0.29, 0.717) is 10.4 Å². The minimum absolute atomic E-state index is 0.0339. The first-order chi connectivity index (χ1) is 18.0. The number of carbonyl (C=O) groups is 1. The molecule has 10 heteroatoms. The van der Waals surface area contributed by atoms with E-state index in [2.05, 4.69) is 60.0 Å². The third kappa shape index (κ3) is 4.27. The van der Waals surface area contributed by atoms with Crippen molar-refractivity contribution < 1.29 is 13.6 Å². The summed E-state index contributed by atoms with van der Waals surface area (Å²) in [4.78, 5) is 32.6. The van der Waals surface area contributed by atoms with Gasteiger partial charge in [-0.25, -0.2) is 8.78 Å². The SMILES string of the molecule is CN1c2ccc(NC(=O)c3ccc(=O)n(-c4c(F)cccc4F)n3)c(N3CCCC3)c2N(C)C1C(C)(C)C. The van der Waals surface area contributed by atoms with Crippen molar-refractivity contribution in [2.75, 3.05) is 47.2 Å². The largest absolute Gasteiger partial charge is 0.368 e. The van der Waals surface area contributed by atoms with E-state index in [1.165, 1.54) is 12.1 Å². The van der Waals surface area contributed by atoms with Gasteiger partial charge >= 0.3 is 0 Å². The Morgan fingerprint density at radius 2 is 1.58 bits per heavy atom. The second kappa shape index (κ2) is 9.41. The number of hydrogen-bond acceptors (Lipinski definition) is 6. The summed E-state index contributed by atoms with van der Waals surface area (Å²) in [7, 11) is 4.16. The predicted molar refractivity (Wildman–Crippen MR) is 146 cm³/mol. The number of rotatable bonds is 4. The third-order valence-corrected chi connectivity index (χ3v) is 7.22. The third-order valence-electron chi connectivity index (χ3n) is 7.22. The van der Waals surface area contributed by atoms with Crippen LogP contribution in [0.2, 0.25) is 0 Å². The van der Waals surface area contributed by atoms with Crippen LogP contribution < -0.4 is 25.6 Å². The molecule has 1 atom stereocenters. The molecule has 1 fully saturated rings. The van der Waals surface area contributed by atoms with Crippen LogP contribution in [0.4, 0.5) is 31.5 Å². The number of benzene rings is 2. The first kappa shape index (κ1) is 25.7. The maximum atomic E-state index is 14.4. The Kier molecular flexibility index (Phi) is 6.36. The molecule has 200 valence electrons. The zero-order valence-corrected chi connectivity index (χ0v) is 22.3. The van der Waals surface area contributed by atoms with E-state index in [1.807, 2.05) is 12.1 Å². The van der Waals surface area contributed by atoms with Crippen LogP contribution in [-0.4, -0.2) is 49.0 Å². The molecule has 2 aliphatic rings. The van der Waals surface area contributed by atoms with Crippen molar-refractivity contribution in [3.05, 3.63) is 70.1 Å². The minimum atomic E-state index is -0.951. The molecule has 0 bridgehead atoms. The van der Waals surface area contributed by atoms with E-state index in [0.717, 1.165) is 61.2 Å². The molecule has 0 aliphatic carbocycles. The lowest BCUT2D eigenvalue weighted by Gasteiger charge is -2.39. The molecular formula is C28H32F2N6O2. The summed E-state index contributed by atoms with van der Waals surface area (Å²) in [5.74, 6) is -2.49. The van der Waals surface area contributed by atoms with E-state index < -0.39 is 28.8 Å². The molecule has 2 aromatic carbocycles. The zero-order valence-electron chi connectivity index (χ0n) is 22.3. The number of halogens is 2. The van der Waals surface area contributed by atoms with Gasteiger partial charge in [0.05, 0.1) is 22.7 Å². The lowest BCUT2D eigenvalue weighted by atomic mass is 9.91. The van der Waals surface area contributed by atoms with Gasteiger partial charge in [-0.05, 0) is 43.2 Å². The Hall–Kier alpha value is -3.95. The molecule has 1 unspecified atom stereocenters. The molecule has 0 spiro atoms. The second-order valence-corrected chi connectivity index (χ2v) is 11.0. The highest BCUT2D eigenvalue weighted by Gasteiger charge is 2.42. The van der Waals surface area contributed by atoms with Crippen molar-refractivity contribution in [1.82, 2.24) is 9.78 Å². The first-order valence-electron chi connectivity index (χ1n) is 12.7. The molecule has 1 saturated heterocycles. The number of carbonyl (C=O) groups excluding carboxylic acids is 1. The lowest BCUT2D eigenvalue weighted by Crippen LogP contribution is -2.48. The number of nitrogens with zero attached hydrogens (tertiary/aromatic N) is 5. The van der Waals surface area contributed by atoms with E-state index >= 15 is 0 Å². The molecule has 0 saturated carbocycles. The van der Waals surface area contributed by atoms with Gasteiger partial charge < -0.3 is 20.0 Å². The molecule has 2 aliphatic heterocycles. The number of fused-ring (bicyclic) bond motifs is 1. The van der Waals surface area contributed by atoms with E-state index in [-0.39, 0.29) is 17.3 Å². The highest BCUT2D eigenvalue weighted by atomic mass is 19.1. The summed E-state index contributed by atoms with van der Waals surface area (Å²) in [6.45, 7) is 8.34. The Morgan fingerprint density at radius 1 is 0.921 bits per heavy atom. The van der Waals surface area contributed by atoms with Crippen LogP contribution in [0.5, 0.6) is 0 Å². The molecule has 8 nitrogen and oxygen atoms in total. The standard InChI is InChI=1S/C28H32F2N6O2/c1-28(2,3)27-33(4)21-13-11-19(24(25(21)34(27)5)35-15-6-7-16-35)31-26(38)20-12-14-22(37)36(32-20)23-17(29)9-8-10-18(23)30/h8-14,27H,6-7,15-16H2,1-5H3,(H,31,38). The summed E-state index contributed by atoms with van der Waals surface area (Å²) in [6.07, 6.45) is 2.23. The number of anilines is 4. The van der Waals surface area contributed by atoms with Crippen molar-refractivity contribution in [3.63, 3.8) is 0 Å². The maximum absolute atomic E-state index is 14.4. The Labute approximate surface area is 220 Å². The maximum Gasteiger partial charge on any atom is 0.276 e. The second-order valence-electron chi connectivity index (χ2n) is 11.0. The first-order valence-corrected chi connectivity index (χ1v) is 12.7. The zero-order chi connectivity index (χ0) is 27.4. The summed E-state index contributed by atoms with van der Waals surface area (Å²) < 4.78 is 29.3. The van der Waals surface area contributed by atoms with Crippen LogP contribution in [0.1, 0.15) is 44.1 Å². The molecule has 3 heterocycles. The van der Waals surface area contributed by atoms with Gasteiger partial charge in [-0.3, -0.25) is 9.59 Å². The lowest BCUT2D eigenvalue weighted by molar-refractivity contribution is 0.102. The smallest absolute Gasteiger partial charge is 0.276 e. The van der Waals surface area contributed by atoms with Gasteiger partial charge in [0, 0.05) is 38.7 Å². The van der Waals surface area contributed by atoms with Crippen molar-refractivity contribution >= 4 is 28.7 Å². The quantitative estimate of drug-likeness (QED) is 0.539. The number of hydrogen-bond donors (Lipinski definition) is 1. The molecule has 5 rings (SSSR count). The van der Waals surface area contributed by atoms with Gasteiger partial charge in [0.15, 0.2) is 11.6 Å². The van der Waals surface area contributed by atoms with Crippen molar-refractivity contribution in [1.29, 1.82) is 0 Å². The summed E-state index contributed by atoms with van der Waals surface area (Å²) in [5.41, 5.74) is 2.11. The van der Waals surface area contributed by atoms with Gasteiger partial charge in [0.2, 0.25) is 0 Å². The van der Waals surface area contributed by atoms with E-state index in [4.69, 9.17) is 0 Å². The van der Waals surface area contributed by atoms with Crippen molar-refractivity contribution in [3.8, 4) is 5.69 Å². The highest BCUT2D eigenvalue weighted by Crippen LogP contribution is 2.52. The Balaban J connectivity index is 1.56. The van der Waals surface area contributed by atoms with Gasteiger partial charge in [-0.1, -0.05) is 26.8 Å². The van der Waals surface area contributed by atoms with Crippen LogP contribution >= 0.6 is 0 Å². The summed E-state index contributed by atoms with van der Waals surface area (Å²) in [5, 5.41) is 6.97. The number of para-hydroxylation sites is 1. The topological polar surface area (TPSA) is 73.7 Å². The van der Waals surface area contributed by atoms with Gasteiger partial charge in [-0.15, -0.1) is 0 Å². The summed E-state index contributed by atoms with van der Waals surface area (Å²) >= 11 is 0. The Bertz CT molecular complexity index is 1440. The van der Waals surface area contributed by atoms with Crippen LogP contribution in [0, 0.1) is 17.0 Å². The fraction of sp³-hybridized carbons (Fsp3) is 0.393. The molecule has 1 aromatic heterocycles. The molecule has 1 amide bonds. The van der Waals surface area contributed by atoms with Crippen molar-refractivity contribution in [2.24, 2.45) is 5.41 Å². The molecule has 38 heavy (non-hydrogen) atoms. The average Bonchev–Trinajstić information content (AvgIpc) is 3.46. The average molecular weight is 523 g/mol. The van der Waals surface area contributed by atoms with Crippen LogP contribution in [0.3, 0.4) is 0 Å². The van der Waals surface area contributed by atoms with Crippen molar-refractivity contribution in [2.45, 2.75) is 39.8 Å². The normalized spacial score (nSPS) is 17.2. The van der Waals surface area contributed by atoms with Gasteiger partial charge in [0.1, 0.15) is 17.5 Å². The fourth-order valence-corrected chi connectivity index (χ4v) is 5.81. The fourth-order valence-electron chi connectivity index (χ4n) is 5.81. The highest BCUT2D eigenvalue weighted by molar-refractivity contribution is 6.07. The monoisotopic (exact) mass is 522 g/mol. The Morgan fingerprint density at radius 3 is 2.21 bits per heavy atom. The molecule has 0 radical (unpaired) electrons. The van der Waals surface area contributed by atoms with Gasteiger partial charge in [-0.2, -0.15) is 9.78 Å². The molecule has 3 aromatic rings. The van der Waals surface area contributed by atoms with E-state index in [1.54, 1.807) is 0 Å². The summed E-state index contributed by atoms with van der Waals surface area (Å²) in [6, 6.07) is 9.47. The van der Waals surface area contributed by atoms with Gasteiger partial charge in [0.25, 0.3) is 11.5 Å². The molecular weight excluding hydrogens is 490 g/mol. The van der Waals surface area contributed by atoms with Crippen LogP contribution in [0.15, 0.2) is 47.3 Å². The minimum Gasteiger partial charge on any atom is -0.368 e. The van der Waals surface area contributed by atoms with Crippen LogP contribution in [0.25, 0.3) is 5.69 Å². The molecule has 1 N–H and O–H groups in total. The number of aromatic nitrogens is 2. The van der Waals surface area contributed by atoms with Crippen LogP contribution in [-0.2, 0) is 0 Å². The van der Waals surface area contributed by atoms with E-state index in [9.17, 15) is 18.4 Å².